The van der Waals surface area contributed by atoms with Gasteiger partial charge in [-0.15, -0.1) is 0 Å². The highest BCUT2D eigenvalue weighted by atomic mass is 35.5. The molecule has 1 saturated heterocycles. The Hall–Kier alpha value is -3.04. The summed E-state index contributed by atoms with van der Waals surface area (Å²) in [5, 5.41) is 7.39. The number of carbonyl (C=O) groups excluding carboxylic acids is 1. The minimum Gasteiger partial charge on any atom is -0.354 e. The second-order valence-corrected chi connectivity index (χ2v) is 11.3. The largest absolute Gasteiger partial charge is 0.354 e. The summed E-state index contributed by atoms with van der Waals surface area (Å²) in [6.45, 7) is 3.12. The summed E-state index contributed by atoms with van der Waals surface area (Å²) >= 11 is 5.93. The van der Waals surface area contributed by atoms with E-state index in [0.717, 1.165) is 16.8 Å². The highest BCUT2D eigenvalue weighted by Crippen LogP contribution is 2.48. The van der Waals surface area contributed by atoms with E-state index < -0.39 is 10.0 Å². The van der Waals surface area contributed by atoms with Crippen LogP contribution in [0.5, 0.6) is 0 Å². The van der Waals surface area contributed by atoms with Crippen LogP contribution in [-0.4, -0.2) is 49.9 Å². The summed E-state index contributed by atoms with van der Waals surface area (Å²) in [5.74, 6) is 0.924. The van der Waals surface area contributed by atoms with Crippen LogP contribution in [0.3, 0.4) is 0 Å². The van der Waals surface area contributed by atoms with Crippen LogP contribution in [0.4, 0.5) is 16.3 Å². The minimum atomic E-state index is -3.37. The number of halogens is 1. The molecule has 10 heteroatoms. The Morgan fingerprint density at radius 3 is 2.56 bits per heavy atom. The molecule has 0 unspecified atom stereocenters. The highest BCUT2D eigenvalue weighted by molar-refractivity contribution is 7.92. The third-order valence-corrected chi connectivity index (χ3v) is 8.75. The predicted octanol–water partition coefficient (Wildman–Crippen LogP) is 4.73. The molecule has 0 bridgehead atoms. The predicted molar refractivity (Wildman–Crippen MR) is 132 cm³/mol. The molecule has 8 nitrogen and oxygen atoms in total. The number of anilines is 2. The zero-order chi connectivity index (χ0) is 23.9. The molecule has 178 valence electrons. The summed E-state index contributed by atoms with van der Waals surface area (Å²) in [4.78, 5) is 14.6. The molecule has 0 aliphatic carbocycles. The quantitative estimate of drug-likeness (QED) is 0.558. The van der Waals surface area contributed by atoms with E-state index in [1.807, 2.05) is 36.4 Å². The average molecular weight is 501 g/mol. The fourth-order valence-electron chi connectivity index (χ4n) is 4.83. The molecular weight excluding hydrogens is 476 g/mol. The molecule has 2 amide bonds. The van der Waals surface area contributed by atoms with Crippen molar-refractivity contribution in [2.75, 3.05) is 35.0 Å². The number of sulfonamides is 1. The lowest BCUT2D eigenvalue weighted by Crippen LogP contribution is -2.49. The van der Waals surface area contributed by atoms with E-state index in [0.29, 0.717) is 49.1 Å². The van der Waals surface area contributed by atoms with Crippen molar-refractivity contribution < 1.29 is 17.7 Å². The van der Waals surface area contributed by atoms with Crippen LogP contribution in [0.2, 0.25) is 5.02 Å². The van der Waals surface area contributed by atoms with Crippen molar-refractivity contribution in [2.45, 2.75) is 25.2 Å². The zero-order valence-corrected chi connectivity index (χ0v) is 20.3. The van der Waals surface area contributed by atoms with E-state index >= 15 is 0 Å². The van der Waals surface area contributed by atoms with E-state index in [2.05, 4.69) is 10.5 Å². The summed E-state index contributed by atoms with van der Waals surface area (Å²) in [6, 6.07) is 16.3. The van der Waals surface area contributed by atoms with Crippen molar-refractivity contribution in [1.29, 1.82) is 0 Å². The van der Waals surface area contributed by atoms with Crippen LogP contribution >= 0.6 is 11.6 Å². The number of carbonyl (C=O) groups is 1. The van der Waals surface area contributed by atoms with Gasteiger partial charge in [0.05, 0.1) is 11.4 Å². The van der Waals surface area contributed by atoms with Crippen LogP contribution < -0.4 is 9.62 Å². The fourth-order valence-corrected chi connectivity index (χ4v) is 6.17. The number of nitrogens with one attached hydrogen (secondary N) is 1. The molecule has 34 heavy (non-hydrogen) atoms. The third kappa shape index (κ3) is 4.03. The Balaban J connectivity index is 1.27. The van der Waals surface area contributed by atoms with Crippen LogP contribution in [0.15, 0.2) is 59.1 Å². The van der Waals surface area contributed by atoms with Gasteiger partial charge in [0.25, 0.3) is 0 Å². The summed E-state index contributed by atoms with van der Waals surface area (Å²) in [5.41, 5.74) is 2.34. The molecule has 2 aliphatic rings. The Bertz CT molecular complexity index is 1310. The van der Waals surface area contributed by atoms with E-state index in [1.54, 1.807) is 34.3 Å². The summed E-state index contributed by atoms with van der Waals surface area (Å²) in [6.07, 6.45) is 1.37. The van der Waals surface area contributed by atoms with Crippen molar-refractivity contribution in [3.8, 4) is 11.3 Å². The van der Waals surface area contributed by atoms with Gasteiger partial charge in [-0.1, -0.05) is 35.0 Å². The van der Waals surface area contributed by atoms with Gasteiger partial charge in [-0.25, -0.2) is 13.2 Å². The first-order chi connectivity index (χ1) is 16.3. The molecule has 1 spiro atoms. The minimum absolute atomic E-state index is 0.0572. The molecule has 0 saturated carbocycles. The van der Waals surface area contributed by atoms with Gasteiger partial charge in [-0.3, -0.25) is 9.62 Å². The first kappa shape index (κ1) is 22.7. The second kappa shape index (κ2) is 8.63. The van der Waals surface area contributed by atoms with Gasteiger partial charge in [0, 0.05) is 41.7 Å². The normalized spacial score (nSPS) is 17.1. The third-order valence-electron chi connectivity index (χ3n) is 6.77. The van der Waals surface area contributed by atoms with Crippen LogP contribution in [0, 0.1) is 0 Å². The lowest BCUT2D eigenvalue weighted by molar-refractivity contribution is 0.173. The fraction of sp³-hybridized carbons (Fsp3) is 0.333. The first-order valence-corrected chi connectivity index (χ1v) is 13.2. The second-order valence-electron chi connectivity index (χ2n) is 8.71. The van der Waals surface area contributed by atoms with Gasteiger partial charge >= 0.3 is 6.03 Å². The van der Waals surface area contributed by atoms with E-state index in [1.165, 1.54) is 0 Å². The Morgan fingerprint density at radius 2 is 1.85 bits per heavy atom. The maximum atomic E-state index is 12.9. The Morgan fingerprint density at radius 1 is 1.15 bits per heavy atom. The van der Waals surface area contributed by atoms with Gasteiger partial charge in [0.2, 0.25) is 10.0 Å². The van der Waals surface area contributed by atoms with Gasteiger partial charge in [-0.05, 0) is 55.7 Å². The zero-order valence-electron chi connectivity index (χ0n) is 18.7. The summed E-state index contributed by atoms with van der Waals surface area (Å²) < 4.78 is 32.3. The lowest BCUT2D eigenvalue weighted by atomic mass is 9.74. The lowest BCUT2D eigenvalue weighted by Gasteiger charge is -2.39. The van der Waals surface area contributed by atoms with Crippen molar-refractivity contribution in [2.24, 2.45) is 0 Å². The van der Waals surface area contributed by atoms with Crippen LogP contribution in [-0.2, 0) is 15.4 Å². The molecule has 3 heterocycles. The number of aromatic nitrogens is 1. The monoisotopic (exact) mass is 500 g/mol. The Kier molecular flexibility index (Phi) is 5.77. The van der Waals surface area contributed by atoms with Crippen molar-refractivity contribution in [1.82, 2.24) is 10.1 Å². The van der Waals surface area contributed by atoms with Gasteiger partial charge in [0.15, 0.2) is 11.6 Å². The maximum absolute atomic E-state index is 12.9. The number of likely N-dealkylation sites (tertiary alicyclic amines) is 1. The Labute approximate surface area is 203 Å². The maximum Gasteiger partial charge on any atom is 0.323 e. The molecular formula is C24H25ClN4O4S. The van der Waals surface area contributed by atoms with Crippen LogP contribution in [0.25, 0.3) is 11.3 Å². The number of piperidine rings is 1. The summed E-state index contributed by atoms with van der Waals surface area (Å²) in [7, 11) is -3.37. The molecule has 1 N–H and O–H groups in total. The topological polar surface area (TPSA) is 95.8 Å². The molecule has 5 rings (SSSR count). The number of hydrogen-bond acceptors (Lipinski definition) is 5. The van der Waals surface area contributed by atoms with Crippen molar-refractivity contribution >= 4 is 39.2 Å². The standard InChI is InChI=1S/C24H25ClN4O4S/c1-2-34(31,32)29-16-24(19-5-3-4-6-20(19)29)11-13-28(14-12-24)23(30)26-22-15-21(33-27-22)17-7-9-18(25)10-8-17/h3-10,15H,2,11-14,16H2,1H3,(H,26,27,30). The molecule has 0 radical (unpaired) electrons. The SMILES string of the molecule is CCS(=O)(=O)N1CC2(CCN(C(=O)Nc3cc(-c4ccc(Cl)cc4)on3)CC2)c2ccccc21. The number of hydrogen-bond donors (Lipinski definition) is 1. The van der Waals surface area contributed by atoms with E-state index in [9.17, 15) is 13.2 Å². The van der Waals surface area contributed by atoms with Gasteiger partial charge < -0.3 is 9.42 Å². The highest BCUT2D eigenvalue weighted by Gasteiger charge is 2.47. The number of para-hydroxylation sites is 1. The average Bonchev–Trinajstić information content (AvgIpc) is 3.44. The number of fused-ring (bicyclic) bond motifs is 2. The molecule has 1 aromatic heterocycles. The smallest absolute Gasteiger partial charge is 0.323 e. The molecule has 2 aliphatic heterocycles. The number of rotatable bonds is 4. The number of amides is 2. The molecule has 1 fully saturated rings. The number of urea groups is 1. The van der Waals surface area contributed by atoms with E-state index in [-0.39, 0.29) is 17.2 Å². The first-order valence-electron chi connectivity index (χ1n) is 11.2. The van der Waals surface area contributed by atoms with E-state index in [4.69, 9.17) is 16.1 Å². The molecule has 2 aromatic carbocycles. The molecule has 3 aromatic rings. The van der Waals surface area contributed by atoms with Gasteiger partial charge in [-0.2, -0.15) is 0 Å². The van der Waals surface area contributed by atoms with Crippen molar-refractivity contribution in [3.05, 3.63) is 65.2 Å². The number of benzene rings is 2. The van der Waals surface area contributed by atoms with Crippen molar-refractivity contribution in [3.63, 3.8) is 0 Å². The van der Waals surface area contributed by atoms with Crippen LogP contribution in [0.1, 0.15) is 25.3 Å². The van der Waals surface area contributed by atoms with Gasteiger partial charge in [0.1, 0.15) is 0 Å². The molecule has 0 atom stereocenters. The number of nitrogens with zero attached hydrogens (tertiary/aromatic N) is 3.